The fourth-order valence-corrected chi connectivity index (χ4v) is 2.22. The van der Waals surface area contributed by atoms with Crippen LogP contribution in [0, 0.1) is 21.6 Å². The summed E-state index contributed by atoms with van der Waals surface area (Å²) in [5.41, 5.74) is 2.51. The Morgan fingerprint density at radius 1 is 1.35 bits per heavy atom. The molecule has 0 radical (unpaired) electrons. The molecule has 0 aliphatic carbocycles. The maximum Gasteiger partial charge on any atom is 0.325 e. The summed E-state index contributed by atoms with van der Waals surface area (Å²) in [6.45, 7) is 7.19. The highest BCUT2D eigenvalue weighted by molar-refractivity contribution is 6.83. The second-order valence-corrected chi connectivity index (χ2v) is 10.4. The molecule has 0 fully saturated rings. The third-order valence-corrected chi connectivity index (χ3v) is 3.45. The SMILES string of the molecule is COc1c(OC(C)=O)c(C#C[Si](C)(C)C)cc(C=O)c1[N+](=O)[O-]. The van der Waals surface area contributed by atoms with Crippen LogP contribution in [-0.2, 0) is 4.79 Å². The first-order valence-electron chi connectivity index (χ1n) is 6.67. The Morgan fingerprint density at radius 2 is 1.96 bits per heavy atom. The Kier molecular flexibility index (Phi) is 5.65. The summed E-state index contributed by atoms with van der Waals surface area (Å²) >= 11 is 0. The zero-order valence-electron chi connectivity index (χ0n) is 13.6. The predicted molar refractivity (Wildman–Crippen MR) is 86.6 cm³/mol. The lowest BCUT2D eigenvalue weighted by atomic mass is 10.1. The number of carbonyl (C=O) groups excluding carboxylic acids is 2. The molecule has 7 nitrogen and oxygen atoms in total. The van der Waals surface area contributed by atoms with Gasteiger partial charge in [0.1, 0.15) is 8.07 Å². The Hall–Kier alpha value is -2.66. The summed E-state index contributed by atoms with van der Waals surface area (Å²) in [4.78, 5) is 33.0. The molecule has 0 unspecified atom stereocenters. The van der Waals surface area contributed by atoms with E-state index in [2.05, 4.69) is 11.5 Å². The summed E-state index contributed by atoms with van der Waals surface area (Å²) in [6, 6.07) is 1.24. The average Bonchev–Trinajstić information content (AvgIpc) is 2.43. The fourth-order valence-electron chi connectivity index (χ4n) is 1.71. The molecule has 0 saturated carbocycles. The van der Waals surface area contributed by atoms with Crippen LogP contribution >= 0.6 is 0 Å². The van der Waals surface area contributed by atoms with Crippen molar-refractivity contribution in [2.75, 3.05) is 7.11 Å². The van der Waals surface area contributed by atoms with Crippen molar-refractivity contribution in [3.8, 4) is 23.0 Å². The normalized spacial score (nSPS) is 10.3. The molecule has 0 saturated heterocycles. The van der Waals surface area contributed by atoms with Crippen molar-refractivity contribution in [1.29, 1.82) is 0 Å². The minimum Gasteiger partial charge on any atom is -0.487 e. The third-order valence-electron chi connectivity index (χ3n) is 2.57. The quantitative estimate of drug-likeness (QED) is 0.160. The molecule has 122 valence electrons. The van der Waals surface area contributed by atoms with Gasteiger partial charge in [0, 0.05) is 6.92 Å². The van der Waals surface area contributed by atoms with Gasteiger partial charge in [-0.2, -0.15) is 0 Å². The molecule has 1 rings (SSSR count). The minimum absolute atomic E-state index is 0.150. The third kappa shape index (κ3) is 4.65. The van der Waals surface area contributed by atoms with Gasteiger partial charge in [-0.3, -0.25) is 19.7 Å². The van der Waals surface area contributed by atoms with Gasteiger partial charge >= 0.3 is 11.7 Å². The van der Waals surface area contributed by atoms with Gasteiger partial charge in [-0.05, 0) is 6.07 Å². The molecule has 0 spiro atoms. The Labute approximate surface area is 134 Å². The number of nitro groups is 1. The van der Waals surface area contributed by atoms with Crippen LogP contribution in [0.4, 0.5) is 5.69 Å². The van der Waals surface area contributed by atoms with E-state index in [-0.39, 0.29) is 22.6 Å². The molecular weight excluding hydrogens is 318 g/mol. The number of esters is 1. The van der Waals surface area contributed by atoms with Crippen molar-refractivity contribution in [3.63, 3.8) is 0 Å². The van der Waals surface area contributed by atoms with Gasteiger partial charge in [-0.25, -0.2) is 0 Å². The monoisotopic (exact) mass is 335 g/mol. The lowest BCUT2D eigenvalue weighted by molar-refractivity contribution is -0.386. The standard InChI is InChI=1S/C15H17NO6Si/c1-10(18)22-14-11(6-7-23(3,4)5)8-12(9-17)13(16(19)20)15(14)21-2/h8-9H,1-5H3. The first-order chi connectivity index (χ1) is 10.6. The van der Waals surface area contributed by atoms with Gasteiger partial charge in [-0.1, -0.05) is 25.6 Å². The molecule has 0 amide bonds. The molecule has 0 atom stereocenters. The number of nitrogens with zero attached hydrogens (tertiary/aromatic N) is 1. The Balaban J connectivity index is 3.79. The smallest absolute Gasteiger partial charge is 0.325 e. The van der Waals surface area contributed by atoms with E-state index in [0.717, 1.165) is 6.92 Å². The van der Waals surface area contributed by atoms with Crippen molar-refractivity contribution in [2.45, 2.75) is 26.6 Å². The average molecular weight is 335 g/mol. The van der Waals surface area contributed by atoms with Crippen LogP contribution in [0.2, 0.25) is 19.6 Å². The van der Waals surface area contributed by atoms with Gasteiger partial charge in [0.05, 0.1) is 23.2 Å². The highest BCUT2D eigenvalue weighted by Crippen LogP contribution is 2.42. The number of rotatable bonds is 4. The van der Waals surface area contributed by atoms with Gasteiger partial charge in [0.2, 0.25) is 5.75 Å². The molecule has 1 aromatic rings. The van der Waals surface area contributed by atoms with Crippen LogP contribution in [0.5, 0.6) is 11.5 Å². The zero-order chi connectivity index (χ0) is 17.8. The fraction of sp³-hybridized carbons (Fsp3) is 0.333. The van der Waals surface area contributed by atoms with Crippen LogP contribution in [0.25, 0.3) is 0 Å². The molecule has 0 N–H and O–H groups in total. The number of carbonyl (C=O) groups is 2. The number of hydrogen-bond donors (Lipinski definition) is 0. The molecule has 0 bridgehead atoms. The summed E-state index contributed by atoms with van der Waals surface area (Å²) in [5.74, 6) is 1.73. The van der Waals surface area contributed by atoms with Gasteiger partial charge in [0.25, 0.3) is 0 Å². The van der Waals surface area contributed by atoms with Crippen LogP contribution in [0.1, 0.15) is 22.8 Å². The van der Waals surface area contributed by atoms with Gasteiger partial charge < -0.3 is 9.47 Å². The van der Waals surface area contributed by atoms with E-state index >= 15 is 0 Å². The largest absolute Gasteiger partial charge is 0.487 e. The number of ether oxygens (including phenoxy) is 2. The summed E-state index contributed by atoms with van der Waals surface area (Å²) in [6.07, 6.45) is 0.345. The summed E-state index contributed by atoms with van der Waals surface area (Å²) in [5, 5.41) is 11.2. The summed E-state index contributed by atoms with van der Waals surface area (Å²) in [7, 11) is -0.564. The molecule has 0 aliphatic rings. The number of methoxy groups -OCH3 is 1. The first-order valence-corrected chi connectivity index (χ1v) is 10.2. The van der Waals surface area contributed by atoms with E-state index in [1.165, 1.54) is 13.2 Å². The minimum atomic E-state index is -1.76. The second kappa shape index (κ2) is 7.06. The zero-order valence-corrected chi connectivity index (χ0v) is 14.6. The Bertz CT molecular complexity index is 724. The van der Waals surface area contributed by atoms with Crippen LogP contribution in [0.3, 0.4) is 0 Å². The topological polar surface area (TPSA) is 95.7 Å². The van der Waals surface area contributed by atoms with E-state index in [0.29, 0.717) is 6.29 Å². The van der Waals surface area contributed by atoms with E-state index in [9.17, 15) is 19.7 Å². The molecular formula is C15H17NO6Si. The summed E-state index contributed by atoms with van der Waals surface area (Å²) < 4.78 is 10.1. The molecule has 8 heteroatoms. The second-order valence-electron chi connectivity index (χ2n) is 5.69. The van der Waals surface area contributed by atoms with Crippen LogP contribution in [0.15, 0.2) is 6.07 Å². The highest BCUT2D eigenvalue weighted by atomic mass is 28.3. The van der Waals surface area contributed by atoms with Crippen LogP contribution < -0.4 is 9.47 Å². The first kappa shape index (κ1) is 18.4. The van der Waals surface area contributed by atoms with Crippen molar-refractivity contribution < 1.29 is 24.0 Å². The number of nitro benzene ring substituents is 1. The molecule has 1 aromatic carbocycles. The van der Waals surface area contributed by atoms with Crippen LogP contribution in [-0.4, -0.2) is 32.4 Å². The lowest BCUT2D eigenvalue weighted by Crippen LogP contribution is -2.16. The van der Waals surface area contributed by atoms with E-state index in [1.807, 2.05) is 19.6 Å². The van der Waals surface area contributed by atoms with E-state index in [4.69, 9.17) is 9.47 Å². The van der Waals surface area contributed by atoms with Crippen molar-refractivity contribution in [3.05, 3.63) is 27.3 Å². The maximum absolute atomic E-state index is 11.3. The van der Waals surface area contributed by atoms with E-state index < -0.39 is 24.7 Å². The van der Waals surface area contributed by atoms with Crippen molar-refractivity contribution in [1.82, 2.24) is 0 Å². The number of hydrogen-bond acceptors (Lipinski definition) is 6. The van der Waals surface area contributed by atoms with E-state index in [1.54, 1.807) is 0 Å². The van der Waals surface area contributed by atoms with Gasteiger partial charge in [0.15, 0.2) is 12.0 Å². The molecule has 0 heterocycles. The highest BCUT2D eigenvalue weighted by Gasteiger charge is 2.29. The van der Waals surface area contributed by atoms with Crippen molar-refractivity contribution in [2.24, 2.45) is 0 Å². The molecule has 23 heavy (non-hydrogen) atoms. The van der Waals surface area contributed by atoms with Crippen molar-refractivity contribution >= 4 is 26.0 Å². The Morgan fingerprint density at radius 3 is 2.35 bits per heavy atom. The predicted octanol–water partition coefficient (Wildman–Crippen LogP) is 2.57. The maximum atomic E-state index is 11.3. The lowest BCUT2D eigenvalue weighted by Gasteiger charge is -2.12. The molecule has 0 aliphatic heterocycles. The number of aldehydes is 1. The number of benzene rings is 1. The van der Waals surface area contributed by atoms with Gasteiger partial charge in [-0.15, -0.1) is 5.54 Å². The molecule has 0 aromatic heterocycles.